The number of carbonyl (C=O) groups excluding carboxylic acids is 3. The normalized spacial score (nSPS) is 10.6. The maximum atomic E-state index is 12.2. The van der Waals surface area contributed by atoms with E-state index in [-0.39, 0.29) is 12.4 Å². The highest BCUT2D eigenvalue weighted by molar-refractivity contribution is 6.14. The van der Waals surface area contributed by atoms with Gasteiger partial charge in [0.05, 0.1) is 6.61 Å². The molecule has 7 heteroatoms. The van der Waals surface area contributed by atoms with Gasteiger partial charge in [0.25, 0.3) is 0 Å². The fourth-order valence-corrected chi connectivity index (χ4v) is 1.82. The van der Waals surface area contributed by atoms with E-state index in [4.69, 9.17) is 14.2 Å². The van der Waals surface area contributed by atoms with Gasteiger partial charge in [0, 0.05) is 6.20 Å². The largest absolute Gasteiger partial charge is 0.462 e. The molecule has 7 nitrogen and oxygen atoms in total. The van der Waals surface area contributed by atoms with E-state index in [1.807, 2.05) is 0 Å². The summed E-state index contributed by atoms with van der Waals surface area (Å²) in [6.07, 6.45) is 0.0275. The van der Waals surface area contributed by atoms with Crippen LogP contribution >= 0.6 is 0 Å². The van der Waals surface area contributed by atoms with Gasteiger partial charge in [-0.2, -0.15) is 0 Å². The van der Waals surface area contributed by atoms with E-state index in [9.17, 15) is 14.4 Å². The van der Waals surface area contributed by atoms with Crippen molar-refractivity contribution in [1.82, 2.24) is 5.32 Å². The van der Waals surface area contributed by atoms with Crippen molar-refractivity contribution in [3.8, 4) is 11.5 Å². The molecule has 1 N–H and O–H groups in total. The van der Waals surface area contributed by atoms with Gasteiger partial charge in [0.15, 0.2) is 5.57 Å². The van der Waals surface area contributed by atoms with E-state index in [2.05, 4.69) is 5.32 Å². The molecular weight excluding hydrogens is 338 g/mol. The summed E-state index contributed by atoms with van der Waals surface area (Å²) in [7, 11) is 0. The number of amides is 1. The van der Waals surface area contributed by atoms with Gasteiger partial charge in [-0.25, -0.2) is 14.4 Å². The highest BCUT2D eigenvalue weighted by Gasteiger charge is 2.22. The summed E-state index contributed by atoms with van der Waals surface area (Å²) in [5, 5.41) is 2.21. The lowest BCUT2D eigenvalue weighted by molar-refractivity contribution is -0.143. The van der Waals surface area contributed by atoms with E-state index in [0.717, 1.165) is 6.20 Å². The lowest BCUT2D eigenvalue weighted by atomic mass is 10.3. The number of hydrogen-bond acceptors (Lipinski definition) is 6. The van der Waals surface area contributed by atoms with Crippen LogP contribution in [-0.4, -0.2) is 24.6 Å². The number of ether oxygens (including phenoxy) is 3. The number of carbonyl (C=O) groups is 3. The molecule has 0 radical (unpaired) electrons. The highest BCUT2D eigenvalue weighted by atomic mass is 16.6. The number of nitrogens with one attached hydrogen (secondary N) is 1. The van der Waals surface area contributed by atoms with Gasteiger partial charge in [0.2, 0.25) is 0 Å². The fraction of sp³-hybridized carbons (Fsp3) is 0.105. The lowest BCUT2D eigenvalue weighted by Crippen LogP contribution is -2.27. The molecule has 1 amide bonds. The van der Waals surface area contributed by atoms with E-state index >= 15 is 0 Å². The number of rotatable bonds is 6. The third-order valence-electron chi connectivity index (χ3n) is 2.96. The summed E-state index contributed by atoms with van der Waals surface area (Å²) in [6.45, 7) is 1.65. The van der Waals surface area contributed by atoms with Crippen LogP contribution in [0.2, 0.25) is 0 Å². The van der Waals surface area contributed by atoms with Crippen molar-refractivity contribution in [3.63, 3.8) is 0 Å². The van der Waals surface area contributed by atoms with Crippen LogP contribution in [0, 0.1) is 0 Å². The average molecular weight is 355 g/mol. The van der Waals surface area contributed by atoms with Crippen molar-refractivity contribution in [1.29, 1.82) is 0 Å². The van der Waals surface area contributed by atoms with Crippen LogP contribution in [0.25, 0.3) is 0 Å². The van der Waals surface area contributed by atoms with Gasteiger partial charge in [-0.15, -0.1) is 0 Å². The Hall–Kier alpha value is -3.61. The molecule has 0 aliphatic carbocycles. The molecule has 0 saturated heterocycles. The minimum absolute atomic E-state index is 0.0588. The Kier molecular flexibility index (Phi) is 6.93. The van der Waals surface area contributed by atoms with E-state index in [0.29, 0.717) is 5.75 Å². The average Bonchev–Trinajstić information content (AvgIpc) is 2.64. The maximum Gasteiger partial charge on any atom is 0.416 e. The zero-order chi connectivity index (χ0) is 18.8. The van der Waals surface area contributed by atoms with Crippen molar-refractivity contribution < 1.29 is 28.6 Å². The molecule has 0 unspecified atom stereocenters. The SMILES string of the molecule is CCOC(=O)/C(=C/NC(=O)Oc1ccccc1)C(=O)Oc1ccccc1. The molecule has 0 bridgehead atoms. The van der Waals surface area contributed by atoms with Crippen molar-refractivity contribution >= 4 is 18.0 Å². The van der Waals surface area contributed by atoms with Crippen LogP contribution in [0.3, 0.4) is 0 Å². The van der Waals surface area contributed by atoms with Gasteiger partial charge < -0.3 is 14.2 Å². The predicted molar refractivity (Wildman–Crippen MR) is 92.4 cm³/mol. The Morgan fingerprint density at radius 1 is 0.846 bits per heavy atom. The Morgan fingerprint density at radius 2 is 1.38 bits per heavy atom. The molecule has 0 saturated carbocycles. The van der Waals surface area contributed by atoms with Gasteiger partial charge in [-0.1, -0.05) is 36.4 Å². The molecule has 0 aromatic heterocycles. The lowest BCUT2D eigenvalue weighted by Gasteiger charge is -2.08. The first-order valence-corrected chi connectivity index (χ1v) is 7.78. The second kappa shape index (κ2) is 9.63. The van der Waals surface area contributed by atoms with Crippen molar-refractivity contribution in [3.05, 3.63) is 72.4 Å². The number of para-hydroxylation sites is 2. The van der Waals surface area contributed by atoms with Crippen LogP contribution in [0.15, 0.2) is 72.4 Å². The molecule has 0 aliphatic rings. The monoisotopic (exact) mass is 355 g/mol. The smallest absolute Gasteiger partial charge is 0.416 e. The Bertz CT molecular complexity index is 786. The quantitative estimate of drug-likeness (QED) is 0.282. The van der Waals surface area contributed by atoms with Crippen LogP contribution in [0.4, 0.5) is 4.79 Å². The molecule has 0 atom stereocenters. The van der Waals surface area contributed by atoms with Gasteiger partial charge in [-0.3, -0.25) is 5.32 Å². The standard InChI is InChI=1S/C19H17NO6/c1-2-24-17(21)16(18(22)25-14-9-5-3-6-10-14)13-20-19(23)26-15-11-7-4-8-12-15/h3-13H,2H2,1H3,(H,20,23)/b16-13-. The van der Waals surface area contributed by atoms with E-state index < -0.39 is 23.6 Å². The number of hydrogen-bond donors (Lipinski definition) is 1. The summed E-state index contributed by atoms with van der Waals surface area (Å²) < 4.78 is 14.9. The van der Waals surface area contributed by atoms with Crippen LogP contribution in [-0.2, 0) is 14.3 Å². The summed E-state index contributed by atoms with van der Waals surface area (Å²) in [6, 6.07) is 16.5. The first-order valence-electron chi connectivity index (χ1n) is 7.78. The molecular formula is C19H17NO6. The van der Waals surface area contributed by atoms with Crippen LogP contribution < -0.4 is 14.8 Å². The minimum Gasteiger partial charge on any atom is -0.462 e. The Morgan fingerprint density at radius 3 is 1.92 bits per heavy atom. The Labute approximate surface area is 150 Å². The fourth-order valence-electron chi connectivity index (χ4n) is 1.82. The van der Waals surface area contributed by atoms with Gasteiger partial charge in [-0.05, 0) is 31.2 Å². The highest BCUT2D eigenvalue weighted by Crippen LogP contribution is 2.12. The van der Waals surface area contributed by atoms with Gasteiger partial charge >= 0.3 is 18.0 Å². The molecule has 2 aromatic carbocycles. The number of esters is 2. The Balaban J connectivity index is 2.07. The zero-order valence-electron chi connectivity index (χ0n) is 14.0. The first kappa shape index (κ1) is 18.7. The molecule has 0 spiro atoms. The van der Waals surface area contributed by atoms with Crippen LogP contribution in [0.5, 0.6) is 11.5 Å². The molecule has 0 aliphatic heterocycles. The third kappa shape index (κ3) is 5.79. The summed E-state index contributed by atoms with van der Waals surface area (Å²) in [5.74, 6) is -1.33. The summed E-state index contributed by atoms with van der Waals surface area (Å²) in [5.41, 5.74) is -0.472. The second-order valence-corrected chi connectivity index (χ2v) is 4.83. The second-order valence-electron chi connectivity index (χ2n) is 4.83. The van der Waals surface area contributed by atoms with Crippen molar-refractivity contribution in [2.75, 3.05) is 6.61 Å². The minimum atomic E-state index is -0.963. The molecule has 2 rings (SSSR count). The van der Waals surface area contributed by atoms with E-state index in [1.54, 1.807) is 67.6 Å². The predicted octanol–water partition coefficient (Wildman–Crippen LogP) is 2.83. The van der Waals surface area contributed by atoms with Crippen molar-refractivity contribution in [2.45, 2.75) is 6.92 Å². The summed E-state index contributed by atoms with van der Waals surface area (Å²) >= 11 is 0. The first-order chi connectivity index (χ1) is 12.6. The molecule has 0 heterocycles. The van der Waals surface area contributed by atoms with Gasteiger partial charge in [0.1, 0.15) is 11.5 Å². The molecule has 0 fully saturated rings. The van der Waals surface area contributed by atoms with E-state index in [1.165, 1.54) is 0 Å². The zero-order valence-corrected chi connectivity index (χ0v) is 14.0. The molecule has 26 heavy (non-hydrogen) atoms. The molecule has 2 aromatic rings. The topological polar surface area (TPSA) is 90.9 Å². The summed E-state index contributed by atoms with van der Waals surface area (Å²) in [4.78, 5) is 36.0. The van der Waals surface area contributed by atoms with Crippen molar-refractivity contribution in [2.24, 2.45) is 0 Å². The third-order valence-corrected chi connectivity index (χ3v) is 2.96. The number of benzene rings is 2. The molecule has 134 valence electrons. The maximum absolute atomic E-state index is 12.2. The van der Waals surface area contributed by atoms with Crippen LogP contribution in [0.1, 0.15) is 6.92 Å².